The lowest BCUT2D eigenvalue weighted by atomic mass is 9.84. The maximum atomic E-state index is 12.3. The Morgan fingerprint density at radius 1 is 1.44 bits per heavy atom. The summed E-state index contributed by atoms with van der Waals surface area (Å²) in [5, 5.41) is 9.71. The van der Waals surface area contributed by atoms with Gasteiger partial charge in [-0.05, 0) is 26.7 Å². The Balaban J connectivity index is 2.68. The minimum absolute atomic E-state index is 0.0922. The van der Waals surface area contributed by atoms with Gasteiger partial charge in [-0.3, -0.25) is 4.79 Å². The van der Waals surface area contributed by atoms with Crippen LogP contribution in [-0.4, -0.2) is 41.7 Å². The van der Waals surface area contributed by atoms with Crippen molar-refractivity contribution >= 4 is 5.91 Å². The number of nitrogens with zero attached hydrogens (tertiary/aromatic N) is 1. The largest absolute Gasteiger partial charge is 0.389 e. The summed E-state index contributed by atoms with van der Waals surface area (Å²) < 4.78 is 0. The van der Waals surface area contributed by atoms with Crippen molar-refractivity contribution in [1.82, 2.24) is 4.90 Å². The molecule has 4 heteroatoms. The highest BCUT2D eigenvalue weighted by Crippen LogP contribution is 2.38. The molecule has 0 radical (unpaired) electrons. The second-order valence-corrected chi connectivity index (χ2v) is 5.67. The molecule has 0 aromatic heterocycles. The van der Waals surface area contributed by atoms with E-state index in [-0.39, 0.29) is 11.3 Å². The van der Waals surface area contributed by atoms with E-state index in [1.807, 2.05) is 0 Å². The number of carbonyl (C=O) groups excluding carboxylic acids is 1. The monoisotopic (exact) mass is 228 g/mol. The molecule has 0 atom stereocenters. The van der Waals surface area contributed by atoms with Gasteiger partial charge in [-0.2, -0.15) is 0 Å². The summed E-state index contributed by atoms with van der Waals surface area (Å²) in [4.78, 5) is 13.9. The standard InChI is InChI=1S/C12H24N2O2/c1-11(2,16)9-14(3)10(15)12(8-13)6-4-5-7-12/h16H,4-9,13H2,1-3H3. The molecule has 1 aliphatic rings. The molecule has 1 saturated carbocycles. The van der Waals surface area contributed by atoms with Crippen molar-refractivity contribution in [2.75, 3.05) is 20.1 Å². The normalized spacial score (nSPS) is 19.8. The molecule has 0 heterocycles. The van der Waals surface area contributed by atoms with Gasteiger partial charge in [-0.25, -0.2) is 0 Å². The lowest BCUT2D eigenvalue weighted by Gasteiger charge is -2.34. The molecule has 1 aliphatic carbocycles. The first-order valence-corrected chi connectivity index (χ1v) is 5.99. The van der Waals surface area contributed by atoms with E-state index in [9.17, 15) is 9.90 Å². The molecule has 1 amide bonds. The first-order valence-electron chi connectivity index (χ1n) is 5.99. The van der Waals surface area contributed by atoms with Crippen LogP contribution in [0, 0.1) is 5.41 Å². The SMILES string of the molecule is CN(CC(C)(C)O)C(=O)C1(CN)CCCC1. The minimum Gasteiger partial charge on any atom is -0.389 e. The quantitative estimate of drug-likeness (QED) is 0.745. The fourth-order valence-corrected chi connectivity index (χ4v) is 2.61. The van der Waals surface area contributed by atoms with Crippen molar-refractivity contribution in [2.24, 2.45) is 11.1 Å². The van der Waals surface area contributed by atoms with Gasteiger partial charge in [-0.15, -0.1) is 0 Å². The van der Waals surface area contributed by atoms with Gasteiger partial charge in [0.1, 0.15) is 0 Å². The number of amides is 1. The molecule has 16 heavy (non-hydrogen) atoms. The Morgan fingerprint density at radius 2 is 1.94 bits per heavy atom. The fourth-order valence-electron chi connectivity index (χ4n) is 2.61. The summed E-state index contributed by atoms with van der Waals surface area (Å²) in [5.74, 6) is 0.0922. The zero-order valence-electron chi connectivity index (χ0n) is 10.6. The average molecular weight is 228 g/mol. The van der Waals surface area contributed by atoms with Crippen LogP contribution in [0.1, 0.15) is 39.5 Å². The van der Waals surface area contributed by atoms with Crippen molar-refractivity contribution < 1.29 is 9.90 Å². The van der Waals surface area contributed by atoms with Gasteiger partial charge in [0, 0.05) is 20.1 Å². The lowest BCUT2D eigenvalue weighted by molar-refractivity contribution is -0.142. The average Bonchev–Trinajstić information content (AvgIpc) is 2.63. The maximum absolute atomic E-state index is 12.3. The van der Waals surface area contributed by atoms with Crippen molar-refractivity contribution in [1.29, 1.82) is 0 Å². The molecule has 4 nitrogen and oxygen atoms in total. The van der Waals surface area contributed by atoms with E-state index in [0.717, 1.165) is 25.7 Å². The molecule has 1 fully saturated rings. The van der Waals surface area contributed by atoms with Crippen LogP contribution in [-0.2, 0) is 4.79 Å². The van der Waals surface area contributed by atoms with Gasteiger partial charge >= 0.3 is 0 Å². The van der Waals surface area contributed by atoms with Crippen LogP contribution < -0.4 is 5.73 Å². The first kappa shape index (κ1) is 13.5. The topological polar surface area (TPSA) is 66.6 Å². The molecule has 0 bridgehead atoms. The summed E-state index contributed by atoms with van der Waals surface area (Å²) in [5.41, 5.74) is 4.55. The molecular formula is C12H24N2O2. The summed E-state index contributed by atoms with van der Waals surface area (Å²) in [6, 6.07) is 0. The Morgan fingerprint density at radius 3 is 2.31 bits per heavy atom. The zero-order chi connectivity index (χ0) is 12.4. The maximum Gasteiger partial charge on any atom is 0.229 e. The Bertz CT molecular complexity index is 252. The number of hydrogen-bond acceptors (Lipinski definition) is 3. The van der Waals surface area contributed by atoms with Crippen molar-refractivity contribution in [2.45, 2.75) is 45.1 Å². The predicted octanol–water partition coefficient (Wildman–Crippen LogP) is 0.735. The predicted molar refractivity (Wildman–Crippen MR) is 63.9 cm³/mol. The van der Waals surface area contributed by atoms with Gasteiger partial charge < -0.3 is 15.7 Å². The number of rotatable bonds is 4. The van der Waals surface area contributed by atoms with Crippen LogP contribution in [0.5, 0.6) is 0 Å². The van der Waals surface area contributed by atoms with Crippen LogP contribution in [0.3, 0.4) is 0 Å². The van der Waals surface area contributed by atoms with E-state index in [1.165, 1.54) is 0 Å². The molecular weight excluding hydrogens is 204 g/mol. The Kier molecular flexibility index (Phi) is 3.97. The molecule has 0 aliphatic heterocycles. The highest BCUT2D eigenvalue weighted by molar-refractivity contribution is 5.83. The van der Waals surface area contributed by atoms with Crippen molar-refractivity contribution in [3.63, 3.8) is 0 Å². The molecule has 0 aromatic carbocycles. The summed E-state index contributed by atoms with van der Waals surface area (Å²) in [6.07, 6.45) is 3.94. The minimum atomic E-state index is -0.848. The van der Waals surface area contributed by atoms with Crippen LogP contribution in [0.25, 0.3) is 0 Å². The molecule has 0 saturated heterocycles. The molecule has 94 valence electrons. The van der Waals surface area contributed by atoms with Crippen LogP contribution in [0.4, 0.5) is 0 Å². The fraction of sp³-hybridized carbons (Fsp3) is 0.917. The highest BCUT2D eigenvalue weighted by atomic mass is 16.3. The van der Waals surface area contributed by atoms with E-state index in [2.05, 4.69) is 0 Å². The highest BCUT2D eigenvalue weighted by Gasteiger charge is 2.42. The molecule has 0 aromatic rings. The van der Waals surface area contributed by atoms with E-state index in [1.54, 1.807) is 25.8 Å². The first-order chi connectivity index (χ1) is 7.31. The Hall–Kier alpha value is -0.610. The summed E-state index contributed by atoms with van der Waals surface area (Å²) in [6.45, 7) is 4.19. The second kappa shape index (κ2) is 4.72. The van der Waals surface area contributed by atoms with E-state index in [0.29, 0.717) is 13.1 Å². The van der Waals surface area contributed by atoms with E-state index >= 15 is 0 Å². The van der Waals surface area contributed by atoms with Crippen LogP contribution in [0.2, 0.25) is 0 Å². The van der Waals surface area contributed by atoms with Crippen LogP contribution >= 0.6 is 0 Å². The lowest BCUT2D eigenvalue weighted by Crippen LogP contribution is -2.49. The summed E-state index contributed by atoms with van der Waals surface area (Å²) in [7, 11) is 1.75. The third-order valence-corrected chi connectivity index (χ3v) is 3.38. The third-order valence-electron chi connectivity index (χ3n) is 3.38. The summed E-state index contributed by atoms with van der Waals surface area (Å²) >= 11 is 0. The van der Waals surface area contributed by atoms with E-state index < -0.39 is 5.60 Å². The number of aliphatic hydroxyl groups is 1. The molecule has 0 spiro atoms. The number of nitrogens with two attached hydrogens (primary N) is 1. The van der Waals surface area contributed by atoms with Crippen molar-refractivity contribution in [3.05, 3.63) is 0 Å². The van der Waals surface area contributed by atoms with Gasteiger partial charge in [0.05, 0.1) is 11.0 Å². The molecule has 0 unspecified atom stereocenters. The zero-order valence-corrected chi connectivity index (χ0v) is 10.6. The molecule has 3 N–H and O–H groups in total. The van der Waals surface area contributed by atoms with Gasteiger partial charge in [-0.1, -0.05) is 12.8 Å². The molecule has 1 rings (SSSR count). The number of carbonyl (C=O) groups is 1. The Labute approximate surface area is 97.8 Å². The van der Waals surface area contributed by atoms with Crippen LogP contribution in [0.15, 0.2) is 0 Å². The van der Waals surface area contributed by atoms with Gasteiger partial charge in [0.2, 0.25) is 5.91 Å². The second-order valence-electron chi connectivity index (χ2n) is 5.67. The van der Waals surface area contributed by atoms with E-state index in [4.69, 9.17) is 5.73 Å². The smallest absolute Gasteiger partial charge is 0.229 e. The van der Waals surface area contributed by atoms with Gasteiger partial charge in [0.25, 0.3) is 0 Å². The van der Waals surface area contributed by atoms with Gasteiger partial charge in [0.15, 0.2) is 0 Å². The van der Waals surface area contributed by atoms with Crippen molar-refractivity contribution in [3.8, 4) is 0 Å². The third kappa shape index (κ3) is 2.95. The number of hydrogen-bond donors (Lipinski definition) is 2. The number of likely N-dealkylation sites (N-methyl/N-ethyl adjacent to an activating group) is 1.